The largest absolute Gasteiger partial charge is 0.368 e. The summed E-state index contributed by atoms with van der Waals surface area (Å²) in [4.78, 5) is 11.5. The molecule has 1 N–H and O–H groups in total. The smallest absolute Gasteiger partial charge is 0.269 e. The van der Waals surface area contributed by atoms with Gasteiger partial charge in [-0.15, -0.1) is 0 Å². The first-order valence-corrected chi connectivity index (χ1v) is 5.46. The molecular weight excluding hydrogens is 223 g/mol. The van der Waals surface area contributed by atoms with Gasteiger partial charge in [0.05, 0.1) is 6.21 Å². The summed E-state index contributed by atoms with van der Waals surface area (Å²) in [5.74, 6) is -0.655. The molecule has 0 aromatic heterocycles. The van der Waals surface area contributed by atoms with Crippen molar-refractivity contribution in [1.29, 1.82) is 0 Å². The van der Waals surface area contributed by atoms with Crippen LogP contribution >= 0.6 is 0 Å². The number of hydrogen-bond donors (Lipinski definition) is 1. The number of carbonyl (C=O) groups is 1. The maximum absolute atomic E-state index is 13.2. The lowest BCUT2D eigenvalue weighted by Crippen LogP contribution is -2.30. The van der Waals surface area contributed by atoms with Crippen LogP contribution in [0.4, 0.5) is 4.39 Å². The van der Waals surface area contributed by atoms with Gasteiger partial charge in [-0.1, -0.05) is 18.2 Å². The van der Waals surface area contributed by atoms with Gasteiger partial charge >= 0.3 is 0 Å². The average molecular weight is 236 g/mol. The Morgan fingerprint density at radius 1 is 1.53 bits per heavy atom. The van der Waals surface area contributed by atoms with E-state index in [4.69, 9.17) is 4.74 Å². The van der Waals surface area contributed by atoms with Crippen LogP contribution in [0, 0.1) is 5.82 Å². The molecule has 1 aromatic carbocycles. The maximum atomic E-state index is 13.2. The van der Waals surface area contributed by atoms with Gasteiger partial charge in [-0.05, 0) is 18.9 Å². The first-order valence-electron chi connectivity index (χ1n) is 5.46. The zero-order chi connectivity index (χ0) is 12.1. The minimum Gasteiger partial charge on any atom is -0.368 e. The van der Waals surface area contributed by atoms with Gasteiger partial charge in [0.1, 0.15) is 11.9 Å². The van der Waals surface area contributed by atoms with Crippen LogP contribution in [0.3, 0.4) is 0 Å². The van der Waals surface area contributed by atoms with Crippen LogP contribution in [0.5, 0.6) is 0 Å². The van der Waals surface area contributed by atoms with Crippen LogP contribution in [0.1, 0.15) is 18.4 Å². The number of hydrogen-bond acceptors (Lipinski definition) is 3. The molecule has 1 aliphatic rings. The molecule has 1 atom stereocenters. The van der Waals surface area contributed by atoms with Crippen molar-refractivity contribution in [3.63, 3.8) is 0 Å². The van der Waals surface area contributed by atoms with Gasteiger partial charge in [0, 0.05) is 12.2 Å². The fourth-order valence-corrected chi connectivity index (χ4v) is 1.60. The number of nitrogens with one attached hydrogen (secondary N) is 1. The number of amides is 1. The van der Waals surface area contributed by atoms with Gasteiger partial charge in [0.15, 0.2) is 0 Å². The number of ether oxygens (including phenoxy) is 1. The van der Waals surface area contributed by atoms with Crippen LogP contribution in [-0.2, 0) is 9.53 Å². The summed E-state index contributed by atoms with van der Waals surface area (Å²) in [6, 6.07) is 6.21. The summed E-state index contributed by atoms with van der Waals surface area (Å²) in [7, 11) is 0. The lowest BCUT2D eigenvalue weighted by atomic mass is 10.2. The quantitative estimate of drug-likeness (QED) is 0.638. The van der Waals surface area contributed by atoms with Crippen LogP contribution in [0.2, 0.25) is 0 Å². The number of carbonyl (C=O) groups excluding carboxylic acids is 1. The fraction of sp³-hybridized carbons (Fsp3) is 0.333. The third-order valence-corrected chi connectivity index (χ3v) is 2.51. The molecule has 90 valence electrons. The molecule has 1 heterocycles. The van der Waals surface area contributed by atoms with Crippen molar-refractivity contribution in [2.75, 3.05) is 6.61 Å². The van der Waals surface area contributed by atoms with E-state index in [0.29, 0.717) is 18.6 Å². The predicted molar refractivity (Wildman–Crippen MR) is 61.1 cm³/mol. The summed E-state index contributed by atoms with van der Waals surface area (Å²) >= 11 is 0. The zero-order valence-electron chi connectivity index (χ0n) is 9.23. The topological polar surface area (TPSA) is 50.7 Å². The molecule has 1 aliphatic heterocycles. The van der Waals surface area contributed by atoms with Crippen molar-refractivity contribution in [2.24, 2.45) is 5.10 Å². The van der Waals surface area contributed by atoms with E-state index in [1.165, 1.54) is 12.3 Å². The highest BCUT2D eigenvalue weighted by Gasteiger charge is 2.22. The summed E-state index contributed by atoms with van der Waals surface area (Å²) in [5, 5.41) is 3.70. The SMILES string of the molecule is O=C(N/N=C\c1ccccc1F)[C@H]1CCCO1. The molecule has 0 bridgehead atoms. The Bertz CT molecular complexity index is 428. The van der Waals surface area contributed by atoms with Crippen molar-refractivity contribution in [3.05, 3.63) is 35.6 Å². The highest BCUT2D eigenvalue weighted by molar-refractivity contribution is 5.84. The van der Waals surface area contributed by atoms with Crippen molar-refractivity contribution < 1.29 is 13.9 Å². The maximum Gasteiger partial charge on any atom is 0.269 e. The molecule has 1 fully saturated rings. The Morgan fingerprint density at radius 3 is 3.06 bits per heavy atom. The Hall–Kier alpha value is -1.75. The zero-order valence-corrected chi connectivity index (χ0v) is 9.23. The molecule has 0 aliphatic carbocycles. The predicted octanol–water partition coefficient (Wildman–Crippen LogP) is 1.45. The monoisotopic (exact) mass is 236 g/mol. The Balaban J connectivity index is 1.89. The lowest BCUT2D eigenvalue weighted by molar-refractivity contribution is -0.130. The molecule has 2 rings (SSSR count). The molecule has 5 heteroatoms. The Kier molecular flexibility index (Phi) is 3.82. The van der Waals surface area contributed by atoms with E-state index >= 15 is 0 Å². The van der Waals surface area contributed by atoms with Crippen LogP contribution in [0.25, 0.3) is 0 Å². The molecule has 4 nitrogen and oxygen atoms in total. The van der Waals surface area contributed by atoms with Gasteiger partial charge in [0.2, 0.25) is 0 Å². The number of benzene rings is 1. The molecule has 0 spiro atoms. The second-order valence-electron chi connectivity index (χ2n) is 3.76. The molecule has 0 unspecified atom stereocenters. The highest BCUT2D eigenvalue weighted by atomic mass is 19.1. The summed E-state index contributed by atoms with van der Waals surface area (Å²) in [5.41, 5.74) is 2.67. The van der Waals surface area contributed by atoms with E-state index in [-0.39, 0.29) is 11.7 Å². The van der Waals surface area contributed by atoms with Gasteiger partial charge in [-0.2, -0.15) is 5.10 Å². The number of rotatable bonds is 3. The minimum atomic E-state index is -0.423. The minimum absolute atomic E-state index is 0.282. The molecule has 1 aromatic rings. The van der Waals surface area contributed by atoms with E-state index in [9.17, 15) is 9.18 Å². The highest BCUT2D eigenvalue weighted by Crippen LogP contribution is 2.11. The lowest BCUT2D eigenvalue weighted by Gasteiger charge is -2.05. The fourth-order valence-electron chi connectivity index (χ4n) is 1.60. The Labute approximate surface area is 98.5 Å². The van der Waals surface area contributed by atoms with E-state index in [1.54, 1.807) is 18.2 Å². The van der Waals surface area contributed by atoms with Crippen molar-refractivity contribution >= 4 is 12.1 Å². The van der Waals surface area contributed by atoms with Gasteiger partial charge in [-0.3, -0.25) is 4.79 Å². The standard InChI is InChI=1S/C12H13FN2O2/c13-10-5-2-1-4-9(10)8-14-15-12(16)11-6-3-7-17-11/h1-2,4-5,8,11H,3,6-7H2,(H,15,16)/b14-8-/t11-/m1/s1. The summed E-state index contributed by atoms with van der Waals surface area (Å²) < 4.78 is 18.4. The van der Waals surface area contributed by atoms with E-state index in [2.05, 4.69) is 10.5 Å². The van der Waals surface area contributed by atoms with Gasteiger partial charge in [0.25, 0.3) is 5.91 Å². The second kappa shape index (κ2) is 5.54. The molecular formula is C12H13FN2O2. The molecule has 1 amide bonds. The molecule has 0 radical (unpaired) electrons. The summed E-state index contributed by atoms with van der Waals surface area (Å²) in [6.45, 7) is 0.606. The van der Waals surface area contributed by atoms with Crippen LogP contribution < -0.4 is 5.43 Å². The normalized spacial score (nSPS) is 19.7. The van der Waals surface area contributed by atoms with Crippen molar-refractivity contribution in [3.8, 4) is 0 Å². The van der Waals surface area contributed by atoms with E-state index in [0.717, 1.165) is 6.42 Å². The molecule has 0 saturated carbocycles. The Morgan fingerprint density at radius 2 is 2.35 bits per heavy atom. The second-order valence-corrected chi connectivity index (χ2v) is 3.76. The first kappa shape index (κ1) is 11.7. The number of halogens is 1. The summed E-state index contributed by atoms with van der Waals surface area (Å²) in [6.07, 6.45) is 2.45. The van der Waals surface area contributed by atoms with Crippen LogP contribution in [-0.4, -0.2) is 24.8 Å². The van der Waals surface area contributed by atoms with Gasteiger partial charge < -0.3 is 4.74 Å². The number of nitrogens with zero attached hydrogens (tertiary/aromatic N) is 1. The van der Waals surface area contributed by atoms with Crippen molar-refractivity contribution in [1.82, 2.24) is 5.43 Å². The third kappa shape index (κ3) is 3.10. The number of hydrazone groups is 1. The third-order valence-electron chi connectivity index (χ3n) is 2.51. The molecule has 17 heavy (non-hydrogen) atoms. The molecule has 1 saturated heterocycles. The average Bonchev–Trinajstić information content (AvgIpc) is 2.85. The van der Waals surface area contributed by atoms with E-state index in [1.807, 2.05) is 0 Å². The van der Waals surface area contributed by atoms with Crippen molar-refractivity contribution in [2.45, 2.75) is 18.9 Å². The first-order chi connectivity index (χ1) is 8.27. The van der Waals surface area contributed by atoms with Crippen LogP contribution in [0.15, 0.2) is 29.4 Å². The van der Waals surface area contributed by atoms with Gasteiger partial charge in [-0.25, -0.2) is 9.82 Å². The van der Waals surface area contributed by atoms with E-state index < -0.39 is 6.10 Å².